The van der Waals surface area contributed by atoms with Gasteiger partial charge >= 0.3 is 0 Å². The molecule has 0 aliphatic heterocycles. The van der Waals surface area contributed by atoms with E-state index in [0.717, 1.165) is 15.7 Å². The van der Waals surface area contributed by atoms with E-state index >= 15 is 0 Å². The molecule has 15 heavy (non-hydrogen) atoms. The second-order valence-corrected chi connectivity index (χ2v) is 5.05. The highest BCUT2D eigenvalue weighted by atomic mass is 32.1. The molecule has 1 aromatic heterocycles. The summed E-state index contributed by atoms with van der Waals surface area (Å²) in [5.74, 6) is 0. The fraction of sp³-hybridized carbons (Fsp3) is 0.600. The average Bonchev–Trinajstić information content (AvgIpc) is 2.47. The number of carbonyl (C=O) groups excluding carboxylic acids is 1. The minimum Gasteiger partial charge on any atom is -0.354 e. The number of hydrogen-bond donors (Lipinski definition) is 0. The van der Waals surface area contributed by atoms with Crippen molar-refractivity contribution in [3.8, 4) is 0 Å². The molecule has 0 saturated heterocycles. The van der Waals surface area contributed by atoms with Gasteiger partial charge in [-0.25, -0.2) is 9.78 Å². The van der Waals surface area contributed by atoms with Crippen LogP contribution in [0.25, 0.3) is 0 Å². The molecule has 0 aromatic carbocycles. The molecule has 0 unspecified atom stereocenters. The highest BCUT2D eigenvalue weighted by Crippen LogP contribution is 2.35. The second-order valence-electron chi connectivity index (χ2n) is 4.07. The minimum atomic E-state index is -0.530. The van der Waals surface area contributed by atoms with E-state index in [4.69, 9.17) is 0 Å². The van der Waals surface area contributed by atoms with Crippen LogP contribution in [0.5, 0.6) is 0 Å². The van der Waals surface area contributed by atoms with E-state index in [1.807, 2.05) is 39.8 Å². The fourth-order valence-corrected chi connectivity index (χ4v) is 2.34. The first-order chi connectivity index (χ1) is 6.88. The van der Waals surface area contributed by atoms with Crippen LogP contribution >= 0.6 is 11.3 Å². The maximum Gasteiger partial charge on any atom is 0.235 e. The van der Waals surface area contributed by atoms with Gasteiger partial charge in [-0.1, -0.05) is 11.3 Å². The summed E-state index contributed by atoms with van der Waals surface area (Å²) in [6, 6.07) is 0. The summed E-state index contributed by atoms with van der Waals surface area (Å²) < 4.78 is 0. The van der Waals surface area contributed by atoms with E-state index in [2.05, 4.69) is 9.98 Å². The molecule has 0 fully saturated rings. The third-order valence-corrected chi connectivity index (χ3v) is 3.69. The standard InChI is InChI=1S/C10H15N3OS/c1-7-8(10(2,3)11-6-14)15-9(12-7)13(4)5/h1-5H3. The lowest BCUT2D eigenvalue weighted by Crippen LogP contribution is -2.12. The van der Waals surface area contributed by atoms with Crippen molar-refractivity contribution in [1.29, 1.82) is 0 Å². The predicted octanol–water partition coefficient (Wildman–Crippen LogP) is 2.09. The van der Waals surface area contributed by atoms with Crippen LogP contribution in [0, 0.1) is 6.92 Å². The molecule has 0 amide bonds. The number of aryl methyl sites for hydroxylation is 1. The maximum absolute atomic E-state index is 10.3. The first-order valence-electron chi connectivity index (χ1n) is 4.62. The summed E-state index contributed by atoms with van der Waals surface area (Å²) in [5.41, 5.74) is 0.394. The van der Waals surface area contributed by atoms with E-state index in [0.29, 0.717) is 0 Å². The molecule has 82 valence electrons. The quantitative estimate of drug-likeness (QED) is 0.584. The number of rotatable bonds is 3. The van der Waals surface area contributed by atoms with Crippen LogP contribution in [0.15, 0.2) is 4.99 Å². The Labute approximate surface area is 93.7 Å². The molecule has 0 radical (unpaired) electrons. The summed E-state index contributed by atoms with van der Waals surface area (Å²) in [6.07, 6.45) is 1.61. The van der Waals surface area contributed by atoms with Crippen LogP contribution in [0.1, 0.15) is 24.4 Å². The van der Waals surface area contributed by atoms with E-state index in [-0.39, 0.29) is 0 Å². The molecule has 0 atom stereocenters. The van der Waals surface area contributed by atoms with Gasteiger partial charge in [0.1, 0.15) is 5.54 Å². The van der Waals surface area contributed by atoms with Crippen molar-refractivity contribution in [1.82, 2.24) is 4.98 Å². The van der Waals surface area contributed by atoms with Crippen molar-refractivity contribution < 1.29 is 4.79 Å². The Bertz CT molecular complexity index is 403. The van der Waals surface area contributed by atoms with Gasteiger partial charge in [0.15, 0.2) is 5.13 Å². The third kappa shape index (κ3) is 2.43. The number of nitrogens with zero attached hydrogens (tertiary/aromatic N) is 3. The predicted molar refractivity (Wildman–Crippen MR) is 62.3 cm³/mol. The SMILES string of the molecule is Cc1nc(N(C)C)sc1C(C)(C)N=C=O. The van der Waals surface area contributed by atoms with Crippen LogP contribution in [0.2, 0.25) is 0 Å². The molecule has 1 heterocycles. The molecule has 0 aliphatic carbocycles. The number of aromatic nitrogens is 1. The van der Waals surface area contributed by atoms with Gasteiger partial charge in [0.25, 0.3) is 0 Å². The van der Waals surface area contributed by atoms with Crippen molar-refractivity contribution in [2.45, 2.75) is 26.3 Å². The molecular formula is C10H15N3OS. The smallest absolute Gasteiger partial charge is 0.235 e. The Balaban J connectivity index is 3.20. The van der Waals surface area contributed by atoms with Gasteiger partial charge in [-0.2, -0.15) is 4.99 Å². The second kappa shape index (κ2) is 4.13. The first-order valence-corrected chi connectivity index (χ1v) is 5.44. The summed E-state index contributed by atoms with van der Waals surface area (Å²) >= 11 is 1.56. The van der Waals surface area contributed by atoms with Crippen LogP contribution < -0.4 is 4.90 Å². The molecule has 4 nitrogen and oxygen atoms in total. The largest absolute Gasteiger partial charge is 0.354 e. The summed E-state index contributed by atoms with van der Waals surface area (Å²) in [7, 11) is 3.89. The highest BCUT2D eigenvalue weighted by molar-refractivity contribution is 7.15. The van der Waals surface area contributed by atoms with Gasteiger partial charge in [-0.05, 0) is 20.8 Å². The van der Waals surface area contributed by atoms with E-state index in [1.165, 1.54) is 0 Å². The molecule has 0 spiro atoms. The fourth-order valence-electron chi connectivity index (χ4n) is 1.31. The molecule has 0 aliphatic rings. The van der Waals surface area contributed by atoms with Crippen molar-refractivity contribution in [2.24, 2.45) is 4.99 Å². The normalized spacial score (nSPS) is 11.0. The Morgan fingerprint density at radius 2 is 2.07 bits per heavy atom. The van der Waals surface area contributed by atoms with Crippen molar-refractivity contribution in [3.63, 3.8) is 0 Å². The summed E-state index contributed by atoms with van der Waals surface area (Å²) in [5, 5.41) is 0.927. The number of thiazole rings is 1. The van der Waals surface area contributed by atoms with Gasteiger partial charge in [0, 0.05) is 14.1 Å². The van der Waals surface area contributed by atoms with Crippen LogP contribution in [-0.2, 0) is 10.3 Å². The zero-order chi connectivity index (χ0) is 11.6. The Kier molecular flexibility index (Phi) is 3.27. The zero-order valence-electron chi connectivity index (χ0n) is 9.66. The number of hydrogen-bond acceptors (Lipinski definition) is 5. The minimum absolute atomic E-state index is 0.530. The topological polar surface area (TPSA) is 45.6 Å². The number of isocyanates is 1. The van der Waals surface area contributed by atoms with Crippen LogP contribution in [0.3, 0.4) is 0 Å². The van der Waals surface area contributed by atoms with Gasteiger partial charge in [0.05, 0.1) is 10.6 Å². The summed E-state index contributed by atoms with van der Waals surface area (Å²) in [4.78, 5) is 21.5. The first kappa shape index (κ1) is 11.9. The van der Waals surface area contributed by atoms with Crippen LogP contribution in [-0.4, -0.2) is 25.2 Å². The van der Waals surface area contributed by atoms with Gasteiger partial charge < -0.3 is 4.90 Å². The Morgan fingerprint density at radius 3 is 2.47 bits per heavy atom. The Hall–Kier alpha value is -1.19. The highest BCUT2D eigenvalue weighted by Gasteiger charge is 2.25. The van der Waals surface area contributed by atoms with Crippen LogP contribution in [0.4, 0.5) is 5.13 Å². The molecule has 0 saturated carbocycles. The number of aliphatic imine (C=N–C) groups is 1. The lowest BCUT2D eigenvalue weighted by atomic mass is 10.0. The van der Waals surface area contributed by atoms with Gasteiger partial charge in [-0.15, -0.1) is 0 Å². The molecule has 1 aromatic rings. The van der Waals surface area contributed by atoms with Gasteiger partial charge in [0.2, 0.25) is 6.08 Å². The average molecular weight is 225 g/mol. The zero-order valence-corrected chi connectivity index (χ0v) is 10.5. The van der Waals surface area contributed by atoms with E-state index in [1.54, 1.807) is 17.4 Å². The number of anilines is 1. The third-order valence-electron chi connectivity index (χ3n) is 2.05. The van der Waals surface area contributed by atoms with Crippen molar-refractivity contribution in [3.05, 3.63) is 10.6 Å². The van der Waals surface area contributed by atoms with Crippen molar-refractivity contribution in [2.75, 3.05) is 19.0 Å². The van der Waals surface area contributed by atoms with Gasteiger partial charge in [-0.3, -0.25) is 0 Å². The van der Waals surface area contributed by atoms with E-state index < -0.39 is 5.54 Å². The maximum atomic E-state index is 10.3. The summed E-state index contributed by atoms with van der Waals surface area (Å²) in [6.45, 7) is 5.70. The molecule has 1 rings (SSSR count). The van der Waals surface area contributed by atoms with Crippen molar-refractivity contribution >= 4 is 22.5 Å². The Morgan fingerprint density at radius 1 is 1.47 bits per heavy atom. The van der Waals surface area contributed by atoms with E-state index in [9.17, 15) is 4.79 Å². The molecule has 0 N–H and O–H groups in total. The molecule has 0 bridgehead atoms. The molecular weight excluding hydrogens is 210 g/mol. The lowest BCUT2D eigenvalue weighted by Gasteiger charge is -2.15. The lowest BCUT2D eigenvalue weighted by molar-refractivity contribution is 0.526. The monoisotopic (exact) mass is 225 g/mol. The molecule has 5 heteroatoms.